The molecule has 3 aliphatic rings. The Morgan fingerprint density at radius 3 is 2.21 bits per heavy atom. The zero-order chi connectivity index (χ0) is 18.0. The van der Waals surface area contributed by atoms with Gasteiger partial charge in [0.15, 0.2) is 5.76 Å². The highest BCUT2D eigenvalue weighted by Crippen LogP contribution is 2.65. The Labute approximate surface area is 148 Å². The predicted octanol–water partition coefficient (Wildman–Crippen LogP) is 3.86. The molecule has 2 saturated carbocycles. The minimum absolute atomic E-state index is 0.102. The first-order chi connectivity index (χ1) is 11.0. The highest BCUT2D eigenvalue weighted by molar-refractivity contribution is 6.32. The smallest absolute Gasteiger partial charge is 0.206 e. The van der Waals surface area contributed by atoms with Crippen LogP contribution >= 0.6 is 11.6 Å². The molecule has 134 valence electrons. The van der Waals surface area contributed by atoms with Gasteiger partial charge in [-0.05, 0) is 46.5 Å². The summed E-state index contributed by atoms with van der Waals surface area (Å²) in [5.41, 5.74) is -0.393. The van der Waals surface area contributed by atoms with Gasteiger partial charge in [-0.15, -0.1) is 11.6 Å². The number of rotatable bonds is 4. The minimum Gasteiger partial charge on any atom is -0.489 e. The van der Waals surface area contributed by atoms with E-state index in [1.165, 1.54) is 0 Å². The van der Waals surface area contributed by atoms with Crippen molar-refractivity contribution in [3.8, 4) is 0 Å². The van der Waals surface area contributed by atoms with Crippen LogP contribution in [-0.4, -0.2) is 28.6 Å². The summed E-state index contributed by atoms with van der Waals surface area (Å²) in [6, 6.07) is 0. The van der Waals surface area contributed by atoms with E-state index >= 15 is 0 Å². The maximum absolute atomic E-state index is 13.0. The van der Waals surface area contributed by atoms with Gasteiger partial charge in [-0.3, -0.25) is 9.59 Å². The lowest BCUT2D eigenvalue weighted by Gasteiger charge is -2.31. The summed E-state index contributed by atoms with van der Waals surface area (Å²) in [7, 11) is 0. The quantitative estimate of drug-likeness (QED) is 0.719. The van der Waals surface area contributed by atoms with Gasteiger partial charge in [0.05, 0.1) is 18.1 Å². The van der Waals surface area contributed by atoms with Crippen LogP contribution in [0.3, 0.4) is 0 Å². The van der Waals surface area contributed by atoms with Gasteiger partial charge in [0.25, 0.3) is 0 Å². The molecule has 2 fully saturated rings. The number of carbonyl (C=O) groups is 2. The fourth-order valence-corrected chi connectivity index (χ4v) is 5.32. The molecule has 0 amide bonds. The van der Waals surface area contributed by atoms with E-state index in [4.69, 9.17) is 21.1 Å². The normalized spacial score (nSPS) is 37.5. The molecule has 4 nitrogen and oxygen atoms in total. The second-order valence-corrected chi connectivity index (χ2v) is 9.23. The predicted molar refractivity (Wildman–Crippen MR) is 91.6 cm³/mol. The lowest BCUT2D eigenvalue weighted by molar-refractivity contribution is -0.128. The summed E-state index contributed by atoms with van der Waals surface area (Å²) in [5, 5.41) is 0. The van der Waals surface area contributed by atoms with Gasteiger partial charge < -0.3 is 9.47 Å². The van der Waals surface area contributed by atoms with Gasteiger partial charge in [-0.1, -0.05) is 13.8 Å². The number of hydrogen-bond donors (Lipinski definition) is 0. The Bertz CT molecular complexity index is 619. The summed E-state index contributed by atoms with van der Waals surface area (Å²) >= 11 is 7.07. The van der Waals surface area contributed by atoms with E-state index in [0.717, 1.165) is 6.42 Å². The number of halogens is 1. The molecule has 0 bridgehead atoms. The molecule has 5 heteroatoms. The number of ether oxygens (including phenoxy) is 2. The minimum atomic E-state index is -1.08. The van der Waals surface area contributed by atoms with Gasteiger partial charge >= 0.3 is 0 Å². The zero-order valence-corrected chi connectivity index (χ0v) is 16.1. The number of ketones is 2. The van der Waals surface area contributed by atoms with E-state index in [9.17, 15) is 9.59 Å². The van der Waals surface area contributed by atoms with Crippen molar-refractivity contribution in [2.45, 2.75) is 71.5 Å². The van der Waals surface area contributed by atoms with Crippen LogP contribution in [0.2, 0.25) is 0 Å². The topological polar surface area (TPSA) is 52.6 Å². The third-order valence-electron chi connectivity index (χ3n) is 5.49. The molecule has 24 heavy (non-hydrogen) atoms. The molecule has 0 saturated heterocycles. The van der Waals surface area contributed by atoms with Crippen molar-refractivity contribution in [1.82, 2.24) is 0 Å². The van der Waals surface area contributed by atoms with E-state index in [0.29, 0.717) is 12.2 Å². The monoisotopic (exact) mass is 354 g/mol. The van der Waals surface area contributed by atoms with Crippen molar-refractivity contribution in [2.75, 3.05) is 0 Å². The Kier molecular flexibility index (Phi) is 4.06. The highest BCUT2D eigenvalue weighted by atomic mass is 35.5. The number of allylic oxidation sites excluding steroid dienone is 2. The third-order valence-corrected chi connectivity index (χ3v) is 6.16. The first kappa shape index (κ1) is 17.8. The van der Waals surface area contributed by atoms with Crippen LogP contribution in [0, 0.1) is 23.2 Å². The van der Waals surface area contributed by atoms with Gasteiger partial charge in [0.2, 0.25) is 11.5 Å². The summed E-state index contributed by atoms with van der Waals surface area (Å²) < 4.78 is 11.8. The fourth-order valence-electron chi connectivity index (χ4n) is 4.72. The Morgan fingerprint density at radius 1 is 1.08 bits per heavy atom. The van der Waals surface area contributed by atoms with Crippen LogP contribution in [0.1, 0.15) is 54.4 Å². The standard InChI is InChI=1S/C19H27ClO4/c1-9(2)23-15-14(21)12-7-11-8-18(5,6)16(22)13(11)19(12,20)17(15)24-10(3)4/h9-13H,7-8H2,1-6H3/t11-,12-,13-,19-/m0/s1. The second-order valence-electron chi connectivity index (χ2n) is 8.60. The molecule has 4 atom stereocenters. The molecule has 0 aromatic heterocycles. The van der Waals surface area contributed by atoms with Crippen LogP contribution in [0.25, 0.3) is 0 Å². The average molecular weight is 355 g/mol. The van der Waals surface area contributed by atoms with Crippen molar-refractivity contribution < 1.29 is 19.1 Å². The van der Waals surface area contributed by atoms with Crippen LogP contribution < -0.4 is 0 Å². The SMILES string of the molecule is CC(C)OC1=C(OC(C)C)[C@@]2(Cl)[C@@H]3C(=O)C(C)(C)C[C@@H]3C[C@H]2C1=O. The first-order valence-electron chi connectivity index (χ1n) is 8.85. The summed E-state index contributed by atoms with van der Waals surface area (Å²) in [6.07, 6.45) is 1.12. The van der Waals surface area contributed by atoms with Crippen molar-refractivity contribution in [1.29, 1.82) is 0 Å². The van der Waals surface area contributed by atoms with Crippen LogP contribution in [0.5, 0.6) is 0 Å². The number of alkyl halides is 1. The van der Waals surface area contributed by atoms with Gasteiger partial charge in [-0.2, -0.15) is 0 Å². The summed E-state index contributed by atoms with van der Waals surface area (Å²) in [5.74, 6) is 0.0195. The van der Waals surface area contributed by atoms with Crippen molar-refractivity contribution in [3.05, 3.63) is 11.5 Å². The van der Waals surface area contributed by atoms with E-state index in [2.05, 4.69) is 0 Å². The van der Waals surface area contributed by atoms with Gasteiger partial charge in [-0.25, -0.2) is 0 Å². The van der Waals surface area contributed by atoms with E-state index in [1.54, 1.807) is 0 Å². The molecule has 0 heterocycles. The van der Waals surface area contributed by atoms with E-state index in [1.807, 2.05) is 41.5 Å². The molecule has 0 unspecified atom stereocenters. The molecule has 0 radical (unpaired) electrons. The third kappa shape index (κ3) is 2.33. The largest absolute Gasteiger partial charge is 0.489 e. The number of Topliss-reactive ketones (excluding diaryl/α,β-unsaturated/α-hetero) is 2. The number of hydrogen-bond acceptors (Lipinski definition) is 4. The van der Waals surface area contributed by atoms with E-state index in [-0.39, 0.29) is 41.4 Å². The average Bonchev–Trinajstić information content (AvgIpc) is 2.91. The Morgan fingerprint density at radius 2 is 1.67 bits per heavy atom. The summed E-state index contributed by atoms with van der Waals surface area (Å²) in [6.45, 7) is 11.5. The molecule has 0 aromatic rings. The molecular weight excluding hydrogens is 328 g/mol. The highest BCUT2D eigenvalue weighted by Gasteiger charge is 2.71. The lowest BCUT2D eigenvalue weighted by Crippen LogP contribution is -2.41. The Balaban J connectivity index is 2.10. The molecule has 0 spiro atoms. The molecule has 3 aliphatic carbocycles. The maximum Gasteiger partial charge on any atom is 0.206 e. The zero-order valence-electron chi connectivity index (χ0n) is 15.3. The number of fused-ring (bicyclic) bond motifs is 3. The van der Waals surface area contributed by atoms with Crippen LogP contribution in [0.15, 0.2) is 11.5 Å². The van der Waals surface area contributed by atoms with Crippen molar-refractivity contribution in [3.63, 3.8) is 0 Å². The molecular formula is C19H27ClO4. The van der Waals surface area contributed by atoms with Crippen LogP contribution in [0.4, 0.5) is 0 Å². The molecule has 0 aromatic carbocycles. The molecule has 3 rings (SSSR count). The van der Waals surface area contributed by atoms with Crippen molar-refractivity contribution in [2.24, 2.45) is 23.2 Å². The van der Waals surface area contributed by atoms with Gasteiger partial charge in [0.1, 0.15) is 10.7 Å². The Hall–Kier alpha value is -1.03. The fraction of sp³-hybridized carbons (Fsp3) is 0.789. The number of carbonyl (C=O) groups excluding carboxylic acids is 2. The molecule has 0 aliphatic heterocycles. The van der Waals surface area contributed by atoms with Gasteiger partial charge in [0, 0.05) is 11.3 Å². The summed E-state index contributed by atoms with van der Waals surface area (Å²) in [4.78, 5) is 24.9. The molecule has 0 N–H and O–H groups in total. The van der Waals surface area contributed by atoms with E-state index < -0.39 is 16.2 Å². The lowest BCUT2D eigenvalue weighted by atomic mass is 9.81. The van der Waals surface area contributed by atoms with Crippen molar-refractivity contribution >= 4 is 23.2 Å². The second kappa shape index (κ2) is 5.48. The van der Waals surface area contributed by atoms with Crippen LogP contribution in [-0.2, 0) is 19.1 Å². The maximum atomic E-state index is 13.0. The first-order valence-corrected chi connectivity index (χ1v) is 9.23.